The first-order valence-electron chi connectivity index (χ1n) is 16.3. The van der Waals surface area contributed by atoms with Gasteiger partial charge in [0.25, 0.3) is 0 Å². The van der Waals surface area contributed by atoms with E-state index >= 15 is 0 Å². The molecule has 1 aliphatic rings. The van der Waals surface area contributed by atoms with Gasteiger partial charge in [-0.3, -0.25) is 19.5 Å². The third kappa shape index (κ3) is 6.34. The number of aryl methyl sites for hydroxylation is 1. The number of aromatic amines is 1. The third-order valence-electron chi connectivity index (χ3n) is 9.07. The number of methoxy groups -OCH3 is 1. The van der Waals surface area contributed by atoms with Gasteiger partial charge in [0, 0.05) is 80.2 Å². The minimum atomic E-state index is -2.82. The maximum Gasteiger partial charge on any atom is 0.231 e. The summed E-state index contributed by atoms with van der Waals surface area (Å²) in [5, 5.41) is 11.8. The molecule has 1 aliphatic heterocycles. The second-order valence-electron chi connectivity index (χ2n) is 13.4. The molecule has 1 fully saturated rings. The van der Waals surface area contributed by atoms with Gasteiger partial charge < -0.3 is 29.8 Å². The van der Waals surface area contributed by atoms with Crippen LogP contribution in [0.4, 0.5) is 33.2 Å². The van der Waals surface area contributed by atoms with Crippen molar-refractivity contribution >= 4 is 63.5 Å². The number of hydrogen-bond donors (Lipinski definition) is 3. The first-order valence-corrected chi connectivity index (χ1v) is 18.9. The van der Waals surface area contributed by atoms with Crippen LogP contribution in [0.2, 0.25) is 0 Å². The van der Waals surface area contributed by atoms with Crippen LogP contribution in [0.5, 0.6) is 5.75 Å². The normalized spacial score (nSPS) is 14.4. The van der Waals surface area contributed by atoms with Crippen LogP contribution >= 0.6 is 7.14 Å². The molecule has 0 spiro atoms. The van der Waals surface area contributed by atoms with Crippen molar-refractivity contribution in [1.29, 1.82) is 0 Å². The van der Waals surface area contributed by atoms with Crippen LogP contribution in [0.15, 0.2) is 55.4 Å². The number of nitrogens with one attached hydrogen (secondary N) is 3. The van der Waals surface area contributed by atoms with Gasteiger partial charge in [-0.25, -0.2) is 9.37 Å². The summed E-state index contributed by atoms with van der Waals surface area (Å²) >= 11 is 0. The lowest BCUT2D eigenvalue weighted by atomic mass is 10.0. The molecule has 4 aromatic heterocycles. The van der Waals surface area contributed by atoms with Crippen molar-refractivity contribution in [2.75, 3.05) is 68.8 Å². The first kappa shape index (κ1) is 33.4. The number of rotatable bonds is 10. The van der Waals surface area contributed by atoms with E-state index in [2.05, 4.69) is 45.5 Å². The Morgan fingerprint density at radius 1 is 1.00 bits per heavy atom. The summed E-state index contributed by atoms with van der Waals surface area (Å²) in [6.07, 6.45) is 8.56. The van der Waals surface area contributed by atoms with Crippen molar-refractivity contribution in [2.24, 2.45) is 7.05 Å². The second-order valence-corrected chi connectivity index (χ2v) is 16.5. The zero-order valence-electron chi connectivity index (χ0n) is 28.9. The largest absolute Gasteiger partial charge is 0.494 e. The Bertz CT molecular complexity index is 2240. The average molecular weight is 699 g/mol. The zero-order chi connectivity index (χ0) is 35.2. The molecule has 14 nitrogen and oxygen atoms in total. The van der Waals surface area contributed by atoms with Crippen LogP contribution in [-0.2, 0) is 11.6 Å². The van der Waals surface area contributed by atoms with Crippen LogP contribution < -0.4 is 25.6 Å². The van der Waals surface area contributed by atoms with Crippen molar-refractivity contribution in [3.8, 4) is 16.9 Å². The van der Waals surface area contributed by atoms with E-state index in [1.807, 2.05) is 57.6 Å². The predicted molar refractivity (Wildman–Crippen MR) is 196 cm³/mol. The summed E-state index contributed by atoms with van der Waals surface area (Å²) in [6, 6.07) is 7.69. The number of H-pyrrole nitrogens is 1. The standard InChI is InChI=1S/C34H40FN12O2P/c1-34(2,19-35)47-13-11-46(12-14-47)26-16-27(49-4)25(15-22(26)21-17-40-45(3)18-21)42-33-43-31-29(38-20-39-31)32(44-33)41-24-8-7-23-28(37-10-9-36-23)30(24)50(5,6)48/h7-10,15-18,20H,11-14,19H2,1-6H3,(H3,38,39,41,42,43,44). The van der Waals surface area contributed by atoms with E-state index in [-0.39, 0.29) is 5.95 Å². The number of ether oxygens (including phenoxy) is 1. The molecule has 2 aromatic carbocycles. The van der Waals surface area contributed by atoms with Crippen molar-refractivity contribution in [3.05, 3.63) is 55.4 Å². The van der Waals surface area contributed by atoms with Gasteiger partial charge >= 0.3 is 0 Å². The van der Waals surface area contributed by atoms with Gasteiger partial charge in [-0.2, -0.15) is 15.1 Å². The molecule has 0 unspecified atom stereocenters. The SMILES string of the molecule is COc1cc(N2CCN(C(C)(C)CF)CC2)c(-c2cnn(C)c2)cc1Nc1nc(Nc2ccc3nccnc3c2P(C)(C)=O)c2nc[nH]c2n1. The van der Waals surface area contributed by atoms with Crippen LogP contribution in [0.3, 0.4) is 0 Å². The smallest absolute Gasteiger partial charge is 0.231 e. The second kappa shape index (κ2) is 13.0. The van der Waals surface area contributed by atoms with Crippen molar-refractivity contribution in [1.82, 2.24) is 44.6 Å². The highest BCUT2D eigenvalue weighted by atomic mass is 31.2. The minimum absolute atomic E-state index is 0.285. The Kier molecular flexibility index (Phi) is 8.64. The molecule has 0 bridgehead atoms. The van der Waals surface area contributed by atoms with E-state index in [1.165, 1.54) is 0 Å². The fourth-order valence-electron chi connectivity index (χ4n) is 6.42. The van der Waals surface area contributed by atoms with Gasteiger partial charge in [-0.05, 0) is 45.4 Å². The summed E-state index contributed by atoms with van der Waals surface area (Å²) in [5.41, 5.74) is 5.82. The van der Waals surface area contributed by atoms with E-state index in [9.17, 15) is 8.96 Å². The van der Waals surface area contributed by atoms with Gasteiger partial charge in [-0.1, -0.05) is 0 Å². The molecule has 3 N–H and O–H groups in total. The summed E-state index contributed by atoms with van der Waals surface area (Å²) < 4.78 is 35.1. The van der Waals surface area contributed by atoms with E-state index in [4.69, 9.17) is 14.7 Å². The van der Waals surface area contributed by atoms with Gasteiger partial charge in [0.1, 0.15) is 25.1 Å². The molecule has 0 saturated carbocycles. The molecular formula is C34H40FN12O2P. The number of alkyl halides is 1. The molecule has 260 valence electrons. The van der Waals surface area contributed by atoms with Crippen LogP contribution in [-0.4, -0.2) is 103 Å². The first-order chi connectivity index (χ1) is 23.9. The Hall–Kier alpha value is -5.14. The molecular weight excluding hydrogens is 658 g/mol. The fourth-order valence-corrected chi connectivity index (χ4v) is 7.81. The van der Waals surface area contributed by atoms with Gasteiger partial charge in [0.2, 0.25) is 5.95 Å². The van der Waals surface area contributed by atoms with E-state index in [0.717, 1.165) is 43.0 Å². The van der Waals surface area contributed by atoms with Gasteiger partial charge in [0.15, 0.2) is 17.0 Å². The topological polar surface area (TPSA) is 155 Å². The Balaban J connectivity index is 1.27. The molecule has 0 radical (unpaired) electrons. The number of hydrogen-bond acceptors (Lipinski definition) is 12. The summed E-state index contributed by atoms with van der Waals surface area (Å²) in [5.74, 6) is 1.29. The molecule has 0 aliphatic carbocycles. The number of halogens is 1. The molecule has 0 amide bonds. The third-order valence-corrected chi connectivity index (χ3v) is 10.6. The van der Waals surface area contributed by atoms with Crippen LogP contribution in [0.1, 0.15) is 13.8 Å². The molecule has 50 heavy (non-hydrogen) atoms. The Morgan fingerprint density at radius 3 is 2.48 bits per heavy atom. The van der Waals surface area contributed by atoms with E-state index in [1.54, 1.807) is 43.8 Å². The Labute approximate surface area is 288 Å². The highest BCUT2D eigenvalue weighted by molar-refractivity contribution is 7.71. The minimum Gasteiger partial charge on any atom is -0.494 e. The van der Waals surface area contributed by atoms with Gasteiger partial charge in [-0.15, -0.1) is 0 Å². The summed E-state index contributed by atoms with van der Waals surface area (Å²) in [7, 11) is 0.685. The molecule has 7 rings (SSSR count). The molecule has 0 atom stereocenters. The maximum absolute atomic E-state index is 13.8. The molecule has 5 heterocycles. The lowest BCUT2D eigenvalue weighted by molar-refractivity contribution is 0.0861. The predicted octanol–water partition coefficient (Wildman–Crippen LogP) is 5.31. The lowest BCUT2D eigenvalue weighted by Gasteiger charge is -2.44. The zero-order valence-corrected chi connectivity index (χ0v) is 29.8. The van der Waals surface area contributed by atoms with Crippen molar-refractivity contribution < 1.29 is 13.7 Å². The summed E-state index contributed by atoms with van der Waals surface area (Å²) in [6.45, 7) is 9.82. The number of anilines is 5. The fraction of sp³-hybridized carbons (Fsp3) is 0.353. The number of nitrogens with zero attached hydrogens (tertiary/aromatic N) is 9. The van der Waals surface area contributed by atoms with Crippen LogP contribution in [0, 0.1) is 0 Å². The van der Waals surface area contributed by atoms with Gasteiger partial charge in [0.05, 0.1) is 41.8 Å². The molecule has 6 aromatic rings. The Morgan fingerprint density at radius 2 is 1.78 bits per heavy atom. The van der Waals surface area contributed by atoms with E-state index < -0.39 is 19.4 Å². The monoisotopic (exact) mass is 698 g/mol. The number of imidazole rings is 1. The van der Waals surface area contributed by atoms with E-state index in [0.29, 0.717) is 50.4 Å². The number of benzene rings is 2. The molecule has 1 saturated heterocycles. The van der Waals surface area contributed by atoms with Crippen molar-refractivity contribution in [3.63, 3.8) is 0 Å². The van der Waals surface area contributed by atoms with Crippen LogP contribution in [0.25, 0.3) is 33.3 Å². The molecule has 16 heteroatoms. The highest BCUT2D eigenvalue weighted by Gasteiger charge is 2.31. The maximum atomic E-state index is 13.8. The number of fused-ring (bicyclic) bond motifs is 2. The average Bonchev–Trinajstić information content (AvgIpc) is 3.76. The number of aromatic nitrogens is 8. The summed E-state index contributed by atoms with van der Waals surface area (Å²) in [4.78, 5) is 30.5. The highest BCUT2D eigenvalue weighted by Crippen LogP contribution is 2.43. The van der Waals surface area contributed by atoms with Crippen molar-refractivity contribution in [2.45, 2.75) is 19.4 Å². The lowest BCUT2D eigenvalue weighted by Crippen LogP contribution is -2.55. The quantitative estimate of drug-likeness (QED) is 0.159. The number of piperazine rings is 1.